The molecule has 5 nitrogen and oxygen atoms in total. The number of nitrogens with zero attached hydrogens (tertiary/aromatic N) is 2. The molecular formula is C35H42N2O3S. The first-order valence-electron chi connectivity index (χ1n) is 14.5. The molecule has 4 rings (SSSR count). The van der Waals surface area contributed by atoms with Crippen molar-refractivity contribution in [3.05, 3.63) is 95.6 Å². The zero-order valence-corrected chi connectivity index (χ0v) is 25.6. The molecule has 0 saturated carbocycles. The molecular weight excluding hydrogens is 528 g/mol. The van der Waals surface area contributed by atoms with E-state index in [0.29, 0.717) is 13.2 Å². The van der Waals surface area contributed by atoms with E-state index in [2.05, 4.69) is 91.0 Å². The number of imidazole rings is 1. The molecule has 216 valence electrons. The fourth-order valence-electron chi connectivity index (χ4n) is 4.61. The van der Waals surface area contributed by atoms with Gasteiger partial charge in [-0.25, -0.2) is 4.98 Å². The van der Waals surface area contributed by atoms with Crippen molar-refractivity contribution in [2.75, 3.05) is 26.9 Å². The van der Waals surface area contributed by atoms with Crippen LogP contribution in [0.25, 0.3) is 23.3 Å². The van der Waals surface area contributed by atoms with Gasteiger partial charge in [-0.05, 0) is 78.4 Å². The third kappa shape index (κ3) is 9.00. The Morgan fingerprint density at radius 2 is 1.68 bits per heavy atom. The quantitative estimate of drug-likeness (QED) is 0.0764. The van der Waals surface area contributed by atoms with E-state index in [1.165, 1.54) is 10.6 Å². The van der Waals surface area contributed by atoms with Gasteiger partial charge in [-0.1, -0.05) is 56.7 Å². The number of aryl methyl sites for hydroxylation is 2. The molecule has 3 aromatic carbocycles. The second-order valence-corrected chi connectivity index (χ2v) is 11.1. The molecule has 0 N–H and O–H groups in total. The molecule has 0 amide bonds. The van der Waals surface area contributed by atoms with Crippen molar-refractivity contribution in [1.82, 2.24) is 9.55 Å². The zero-order chi connectivity index (χ0) is 28.9. The van der Waals surface area contributed by atoms with Crippen LogP contribution in [0.1, 0.15) is 55.5 Å². The molecule has 1 heterocycles. The minimum atomic E-state index is 0.559. The first kappa shape index (κ1) is 30.5. The summed E-state index contributed by atoms with van der Waals surface area (Å²) in [6.45, 7) is 9.43. The van der Waals surface area contributed by atoms with Crippen LogP contribution in [0.5, 0.6) is 11.5 Å². The van der Waals surface area contributed by atoms with Crippen molar-refractivity contribution in [2.45, 2.75) is 57.2 Å². The molecule has 0 spiro atoms. The predicted octanol–water partition coefficient (Wildman–Crippen LogP) is 8.94. The summed E-state index contributed by atoms with van der Waals surface area (Å²) in [5.74, 6) is 2.66. The monoisotopic (exact) mass is 570 g/mol. The molecule has 4 aromatic rings. The van der Waals surface area contributed by atoms with Gasteiger partial charge in [-0.3, -0.25) is 0 Å². The largest absolute Gasteiger partial charge is 0.496 e. The second-order valence-electron chi connectivity index (χ2n) is 10.0. The Labute approximate surface area is 249 Å². The Morgan fingerprint density at radius 1 is 0.878 bits per heavy atom. The Morgan fingerprint density at radius 3 is 2.41 bits per heavy atom. The number of thioether (sulfide) groups is 1. The van der Waals surface area contributed by atoms with Crippen LogP contribution in [0, 0.1) is 6.92 Å². The van der Waals surface area contributed by atoms with Gasteiger partial charge < -0.3 is 18.8 Å². The maximum atomic E-state index is 5.84. The normalized spacial score (nSPS) is 11.3. The van der Waals surface area contributed by atoms with Crippen molar-refractivity contribution in [3.63, 3.8) is 0 Å². The molecule has 0 radical (unpaired) electrons. The van der Waals surface area contributed by atoms with Crippen molar-refractivity contribution in [2.24, 2.45) is 0 Å². The third-order valence-corrected chi connectivity index (χ3v) is 7.86. The highest BCUT2D eigenvalue weighted by Crippen LogP contribution is 2.33. The van der Waals surface area contributed by atoms with Gasteiger partial charge in [-0.2, -0.15) is 0 Å². The first-order chi connectivity index (χ1) is 20.1. The fraction of sp³-hybridized carbons (Fsp3) is 0.343. The van der Waals surface area contributed by atoms with Gasteiger partial charge in [0.15, 0.2) is 0 Å². The summed E-state index contributed by atoms with van der Waals surface area (Å²) >= 11 is 1.84. The van der Waals surface area contributed by atoms with Crippen molar-refractivity contribution in [1.29, 1.82) is 0 Å². The van der Waals surface area contributed by atoms with E-state index in [9.17, 15) is 0 Å². The van der Waals surface area contributed by atoms with Gasteiger partial charge in [0.05, 0.1) is 20.0 Å². The Bertz CT molecular complexity index is 1380. The lowest BCUT2D eigenvalue weighted by Crippen LogP contribution is -2.07. The van der Waals surface area contributed by atoms with Crippen molar-refractivity contribution in [3.8, 4) is 22.6 Å². The van der Waals surface area contributed by atoms with Crippen LogP contribution in [-0.4, -0.2) is 36.5 Å². The summed E-state index contributed by atoms with van der Waals surface area (Å²) in [5, 5.41) is 0. The highest BCUT2D eigenvalue weighted by Gasteiger charge is 2.09. The predicted molar refractivity (Wildman–Crippen MR) is 172 cm³/mol. The number of ether oxygens (including phenoxy) is 3. The average Bonchev–Trinajstić information content (AvgIpc) is 3.44. The number of hydrogen-bond acceptors (Lipinski definition) is 5. The van der Waals surface area contributed by atoms with Crippen LogP contribution >= 0.6 is 11.8 Å². The fourth-order valence-corrected chi connectivity index (χ4v) is 5.49. The molecule has 0 aliphatic heterocycles. The number of unbranched alkanes of at least 4 members (excludes halogenated alkanes) is 1. The standard InChI is InChI=1S/C35H42N2O3S/c1-5-7-19-39-20-21-40-33-14-12-29(13-15-33)31-22-27(3)35(38-4)30(23-31)11-8-28-9-16-34(17-10-28)41-25-32-24-36-26-37(32)18-6-2/h8-17,22-24,26H,5-7,18-21,25H2,1-4H3/b11-8+. The molecule has 0 unspecified atom stereocenters. The Hall–Kier alpha value is -3.48. The maximum Gasteiger partial charge on any atom is 0.129 e. The van der Waals surface area contributed by atoms with Crippen molar-refractivity contribution < 1.29 is 14.2 Å². The molecule has 0 saturated heterocycles. The van der Waals surface area contributed by atoms with Crippen molar-refractivity contribution >= 4 is 23.9 Å². The third-order valence-electron chi connectivity index (χ3n) is 6.82. The second kappa shape index (κ2) is 16.1. The van der Waals surface area contributed by atoms with Gasteiger partial charge in [0.2, 0.25) is 0 Å². The van der Waals surface area contributed by atoms with Gasteiger partial charge in [-0.15, -0.1) is 11.8 Å². The van der Waals surface area contributed by atoms with E-state index in [-0.39, 0.29) is 0 Å². The van der Waals surface area contributed by atoms with Gasteiger partial charge in [0, 0.05) is 41.3 Å². The molecule has 0 atom stereocenters. The molecule has 41 heavy (non-hydrogen) atoms. The number of methoxy groups -OCH3 is 1. The van der Waals surface area contributed by atoms with Crippen LogP contribution < -0.4 is 9.47 Å². The highest BCUT2D eigenvalue weighted by atomic mass is 32.2. The number of aromatic nitrogens is 2. The minimum Gasteiger partial charge on any atom is -0.496 e. The number of rotatable bonds is 16. The van der Waals surface area contributed by atoms with E-state index in [4.69, 9.17) is 14.2 Å². The summed E-state index contributed by atoms with van der Waals surface area (Å²) < 4.78 is 19.4. The highest BCUT2D eigenvalue weighted by molar-refractivity contribution is 7.98. The van der Waals surface area contributed by atoms with Gasteiger partial charge >= 0.3 is 0 Å². The molecule has 1 aromatic heterocycles. The molecule has 6 heteroatoms. The van der Waals surface area contributed by atoms with Gasteiger partial charge in [0.25, 0.3) is 0 Å². The van der Waals surface area contributed by atoms with E-state index < -0.39 is 0 Å². The summed E-state index contributed by atoms with van der Waals surface area (Å²) in [7, 11) is 1.73. The maximum absolute atomic E-state index is 5.84. The van der Waals surface area contributed by atoms with Crippen LogP contribution in [0.3, 0.4) is 0 Å². The molecule has 0 fully saturated rings. The average molecular weight is 571 g/mol. The van der Waals surface area contributed by atoms with E-state index in [0.717, 1.165) is 77.5 Å². The Kier molecular flexibility index (Phi) is 12.0. The van der Waals surface area contributed by atoms with Crippen LogP contribution in [0.2, 0.25) is 0 Å². The van der Waals surface area contributed by atoms with Crippen LogP contribution in [0.4, 0.5) is 0 Å². The zero-order valence-electron chi connectivity index (χ0n) is 24.8. The molecule has 0 bridgehead atoms. The lowest BCUT2D eigenvalue weighted by molar-refractivity contribution is 0.0981. The molecule has 0 aliphatic carbocycles. The SMILES string of the molecule is CCCCOCCOc1ccc(-c2cc(C)c(OC)c(/C=C/c3ccc(SCc4cncn4CCC)cc3)c2)cc1. The van der Waals surface area contributed by atoms with E-state index in [1.807, 2.05) is 36.4 Å². The number of hydrogen-bond donors (Lipinski definition) is 0. The van der Waals surface area contributed by atoms with Gasteiger partial charge in [0.1, 0.15) is 18.1 Å². The Balaban J connectivity index is 1.40. The van der Waals surface area contributed by atoms with Crippen LogP contribution in [0.15, 0.2) is 78.1 Å². The van der Waals surface area contributed by atoms with E-state index >= 15 is 0 Å². The summed E-state index contributed by atoms with van der Waals surface area (Å²) in [5.41, 5.74) is 6.84. The summed E-state index contributed by atoms with van der Waals surface area (Å²) in [4.78, 5) is 5.56. The summed E-state index contributed by atoms with van der Waals surface area (Å²) in [6, 6.07) is 21.3. The number of benzene rings is 3. The lowest BCUT2D eigenvalue weighted by Gasteiger charge is -2.13. The first-order valence-corrected chi connectivity index (χ1v) is 15.5. The van der Waals surface area contributed by atoms with E-state index in [1.54, 1.807) is 7.11 Å². The van der Waals surface area contributed by atoms with Crippen LogP contribution in [-0.2, 0) is 17.0 Å². The summed E-state index contributed by atoms with van der Waals surface area (Å²) in [6.07, 6.45) is 11.5. The smallest absolute Gasteiger partial charge is 0.129 e. The topological polar surface area (TPSA) is 45.5 Å². The molecule has 0 aliphatic rings. The minimum absolute atomic E-state index is 0.559. The lowest BCUT2D eigenvalue weighted by atomic mass is 9.98.